The first-order chi connectivity index (χ1) is 27.6. The minimum Gasteiger partial charge on any atom is -0.481 e. The number of rotatable bonds is 18. The van der Waals surface area contributed by atoms with E-state index in [1.165, 1.54) is 11.3 Å². The van der Waals surface area contributed by atoms with Gasteiger partial charge in [-0.1, -0.05) is 67.1 Å². The Morgan fingerprint density at radius 1 is 0.842 bits per heavy atom. The molecule has 14 nitrogen and oxygen atoms in total. The van der Waals surface area contributed by atoms with Crippen LogP contribution in [0, 0.1) is 5.92 Å². The van der Waals surface area contributed by atoms with Gasteiger partial charge in [0.2, 0.25) is 23.6 Å². The van der Waals surface area contributed by atoms with Crippen LogP contribution in [0.25, 0.3) is 21.7 Å². The number of hydrogen-bond acceptors (Lipinski definition) is 9. The Hall–Kier alpha value is -5.64. The van der Waals surface area contributed by atoms with Crippen molar-refractivity contribution in [3.8, 4) is 0 Å². The first-order valence-corrected chi connectivity index (χ1v) is 20.3. The van der Waals surface area contributed by atoms with E-state index in [4.69, 9.17) is 11.5 Å². The topological polar surface area (TPSA) is 226 Å². The maximum atomic E-state index is 14.6. The van der Waals surface area contributed by atoms with Gasteiger partial charge in [-0.05, 0) is 60.2 Å². The van der Waals surface area contributed by atoms with E-state index >= 15 is 0 Å². The standard InChI is InChI=1S/C42H50N8O6S/c43-16-6-5-10-33(44)38(51)47-36(22-31-24-57-25-46-31)40(53)48-35(21-30-23-45-34-11-4-3-9-32(30)34)39(52)49-37(41(54)50-17-14-28(15-18-50)42(55)56)20-26-12-13-27-7-1-2-8-29(27)19-26/h1-4,7-9,11-13,19,23-25,28,33,35-37,45H,5-6,10,14-18,20-22,43-44H2,(H,47,51)(H,48,53)(H,49,52)(H,55,56)/t33-,35+,36-,37+/m0/s1. The molecule has 6 rings (SSSR count). The van der Waals surface area contributed by atoms with E-state index in [2.05, 4.69) is 25.9 Å². The maximum Gasteiger partial charge on any atom is 0.306 e. The molecule has 3 aromatic carbocycles. The molecule has 0 bridgehead atoms. The number of nitrogens with two attached hydrogens (primary N) is 2. The number of aromatic amines is 1. The molecule has 0 saturated carbocycles. The molecular formula is C42H50N8O6S. The summed E-state index contributed by atoms with van der Waals surface area (Å²) in [7, 11) is 0. The fourth-order valence-corrected chi connectivity index (χ4v) is 7.89. The van der Waals surface area contributed by atoms with E-state index in [0.717, 1.165) is 32.8 Å². The number of hydrogen-bond donors (Lipinski definition) is 7. The average Bonchev–Trinajstić information content (AvgIpc) is 3.90. The number of carbonyl (C=O) groups excluding carboxylic acids is 4. The van der Waals surface area contributed by atoms with Gasteiger partial charge in [0.25, 0.3) is 0 Å². The molecule has 1 fully saturated rings. The number of nitrogens with zero attached hydrogens (tertiary/aromatic N) is 2. The molecule has 1 saturated heterocycles. The molecule has 2 aromatic heterocycles. The lowest BCUT2D eigenvalue weighted by atomic mass is 9.95. The van der Waals surface area contributed by atoms with Crippen LogP contribution in [0.3, 0.4) is 0 Å². The first kappa shape index (κ1) is 41.0. The highest BCUT2D eigenvalue weighted by molar-refractivity contribution is 7.07. The lowest BCUT2D eigenvalue weighted by molar-refractivity contribution is -0.146. The number of likely N-dealkylation sites (tertiary alicyclic amines) is 1. The monoisotopic (exact) mass is 794 g/mol. The summed E-state index contributed by atoms with van der Waals surface area (Å²) in [6.07, 6.45) is 4.44. The number of piperidine rings is 1. The average molecular weight is 795 g/mol. The Labute approximate surface area is 334 Å². The third-order valence-corrected chi connectivity index (χ3v) is 11.2. The Morgan fingerprint density at radius 2 is 1.53 bits per heavy atom. The van der Waals surface area contributed by atoms with E-state index in [0.29, 0.717) is 44.3 Å². The minimum absolute atomic E-state index is 0.0629. The third kappa shape index (κ3) is 10.8. The molecule has 5 aromatic rings. The molecule has 3 heterocycles. The van der Waals surface area contributed by atoms with Gasteiger partial charge in [-0.15, -0.1) is 11.3 Å². The van der Waals surface area contributed by atoms with Gasteiger partial charge in [-0.25, -0.2) is 4.98 Å². The Bertz CT molecular complexity index is 2170. The number of carboxylic acids is 1. The van der Waals surface area contributed by atoms with Crippen molar-refractivity contribution >= 4 is 62.6 Å². The second kappa shape index (κ2) is 19.5. The summed E-state index contributed by atoms with van der Waals surface area (Å²) in [5.74, 6) is -3.49. The summed E-state index contributed by atoms with van der Waals surface area (Å²) in [6.45, 7) is 0.949. The lowest BCUT2D eigenvalue weighted by Gasteiger charge is -2.33. The fraction of sp³-hybridized carbons (Fsp3) is 0.381. The van der Waals surface area contributed by atoms with Crippen LogP contribution in [-0.2, 0) is 43.2 Å². The first-order valence-electron chi connectivity index (χ1n) is 19.4. The second-order valence-electron chi connectivity index (χ2n) is 14.6. The highest BCUT2D eigenvalue weighted by atomic mass is 32.1. The number of aromatic nitrogens is 2. The number of aliphatic carboxylic acids is 1. The van der Waals surface area contributed by atoms with Gasteiger partial charge in [-0.2, -0.15) is 0 Å². The number of para-hydroxylation sites is 1. The predicted octanol–water partition coefficient (Wildman–Crippen LogP) is 3.04. The predicted molar refractivity (Wildman–Crippen MR) is 219 cm³/mol. The molecule has 57 heavy (non-hydrogen) atoms. The van der Waals surface area contributed by atoms with Gasteiger partial charge in [0.05, 0.1) is 23.2 Å². The van der Waals surface area contributed by atoms with E-state index in [1.807, 2.05) is 66.7 Å². The van der Waals surface area contributed by atoms with Crippen LogP contribution >= 0.6 is 11.3 Å². The van der Waals surface area contributed by atoms with Gasteiger partial charge in [0.15, 0.2) is 0 Å². The smallest absolute Gasteiger partial charge is 0.306 e. The van der Waals surface area contributed by atoms with Crippen LogP contribution in [0.2, 0.25) is 0 Å². The molecule has 0 aliphatic carbocycles. The normalized spacial score (nSPS) is 15.4. The zero-order chi connectivity index (χ0) is 40.3. The largest absolute Gasteiger partial charge is 0.481 e. The van der Waals surface area contributed by atoms with Crippen LogP contribution in [0.5, 0.6) is 0 Å². The van der Waals surface area contributed by atoms with Crippen molar-refractivity contribution in [3.05, 3.63) is 101 Å². The van der Waals surface area contributed by atoms with Crippen molar-refractivity contribution in [1.82, 2.24) is 30.8 Å². The highest BCUT2D eigenvalue weighted by Gasteiger charge is 2.35. The summed E-state index contributed by atoms with van der Waals surface area (Å²) in [5.41, 5.74) is 16.5. The molecule has 4 amide bonds. The van der Waals surface area contributed by atoms with E-state index in [1.54, 1.807) is 22.0 Å². The molecule has 1 aliphatic heterocycles. The van der Waals surface area contributed by atoms with Gasteiger partial charge in [0, 0.05) is 54.8 Å². The molecule has 0 spiro atoms. The van der Waals surface area contributed by atoms with Crippen molar-refractivity contribution < 1.29 is 29.1 Å². The van der Waals surface area contributed by atoms with Crippen LogP contribution in [-0.4, -0.2) is 93.4 Å². The van der Waals surface area contributed by atoms with Gasteiger partial charge < -0.3 is 42.4 Å². The number of fused-ring (bicyclic) bond motifs is 2. The summed E-state index contributed by atoms with van der Waals surface area (Å²) < 4.78 is 0. The maximum absolute atomic E-state index is 14.6. The molecule has 300 valence electrons. The number of unbranched alkanes of at least 4 members (excludes halogenated alkanes) is 1. The van der Waals surface area contributed by atoms with E-state index in [-0.39, 0.29) is 38.3 Å². The van der Waals surface area contributed by atoms with E-state index in [9.17, 15) is 29.1 Å². The number of thiazole rings is 1. The zero-order valence-electron chi connectivity index (χ0n) is 31.7. The van der Waals surface area contributed by atoms with Gasteiger partial charge in [0.1, 0.15) is 18.1 Å². The Balaban J connectivity index is 1.28. The Kier molecular flexibility index (Phi) is 14.0. The number of amides is 4. The van der Waals surface area contributed by atoms with Crippen LogP contribution in [0.4, 0.5) is 0 Å². The molecule has 0 radical (unpaired) electrons. The van der Waals surface area contributed by atoms with Crippen LogP contribution in [0.1, 0.15) is 48.9 Å². The second-order valence-corrected chi connectivity index (χ2v) is 15.4. The molecule has 4 atom stereocenters. The van der Waals surface area contributed by atoms with Crippen LogP contribution < -0.4 is 27.4 Å². The van der Waals surface area contributed by atoms with E-state index < -0.39 is 53.8 Å². The number of nitrogens with one attached hydrogen (secondary N) is 4. The SMILES string of the molecule is NCCCC[C@H](N)C(=O)N[C@@H](Cc1cscn1)C(=O)N[C@H](Cc1c[nH]c2ccccc12)C(=O)N[C@H](Cc1ccc2ccccc2c1)C(=O)N1CCC(C(=O)O)CC1. The van der Waals surface area contributed by atoms with Gasteiger partial charge >= 0.3 is 5.97 Å². The number of carboxylic acid groups (broad SMARTS) is 1. The summed E-state index contributed by atoms with van der Waals surface area (Å²) in [4.78, 5) is 77.2. The summed E-state index contributed by atoms with van der Waals surface area (Å²) in [5, 5.41) is 22.9. The Morgan fingerprint density at radius 3 is 2.25 bits per heavy atom. The molecule has 15 heteroatoms. The third-order valence-electron chi connectivity index (χ3n) is 10.6. The quantitative estimate of drug-likeness (QED) is 0.0647. The summed E-state index contributed by atoms with van der Waals surface area (Å²) in [6, 6.07) is 17.2. The van der Waals surface area contributed by atoms with Crippen molar-refractivity contribution in [2.75, 3.05) is 19.6 Å². The van der Waals surface area contributed by atoms with Crippen LogP contribution in [0.15, 0.2) is 83.8 Å². The summed E-state index contributed by atoms with van der Waals surface area (Å²) >= 11 is 1.35. The van der Waals surface area contributed by atoms with Crippen molar-refractivity contribution in [1.29, 1.82) is 0 Å². The number of carbonyl (C=O) groups is 5. The highest BCUT2D eigenvalue weighted by Crippen LogP contribution is 2.22. The molecule has 0 unspecified atom stereocenters. The van der Waals surface area contributed by atoms with Crippen molar-refractivity contribution in [3.63, 3.8) is 0 Å². The molecule has 1 aliphatic rings. The minimum atomic E-state index is -1.17. The number of H-pyrrole nitrogens is 1. The molecule has 9 N–H and O–H groups in total. The molecular weight excluding hydrogens is 745 g/mol. The van der Waals surface area contributed by atoms with Gasteiger partial charge in [-0.3, -0.25) is 24.0 Å². The number of benzene rings is 3. The lowest BCUT2D eigenvalue weighted by Crippen LogP contribution is -2.59. The van der Waals surface area contributed by atoms with Crippen molar-refractivity contribution in [2.45, 2.75) is 75.5 Å². The fourth-order valence-electron chi connectivity index (χ4n) is 7.32. The van der Waals surface area contributed by atoms with Crippen molar-refractivity contribution in [2.24, 2.45) is 17.4 Å². The zero-order valence-corrected chi connectivity index (χ0v) is 32.5.